The topological polar surface area (TPSA) is 153 Å². The van der Waals surface area contributed by atoms with Gasteiger partial charge >= 0.3 is 0 Å². The molecule has 2 atom stereocenters. The van der Waals surface area contributed by atoms with Crippen LogP contribution in [0.2, 0.25) is 0 Å². The molecule has 0 unspecified atom stereocenters. The van der Waals surface area contributed by atoms with Crippen LogP contribution in [0.4, 0.5) is 0 Å². The molecule has 1 saturated heterocycles. The summed E-state index contributed by atoms with van der Waals surface area (Å²) in [6.07, 6.45) is 3.21. The van der Waals surface area contributed by atoms with Crippen LogP contribution < -0.4 is 16.0 Å². The molecule has 0 radical (unpaired) electrons. The van der Waals surface area contributed by atoms with E-state index in [0.717, 1.165) is 28.7 Å². The van der Waals surface area contributed by atoms with Crippen molar-refractivity contribution in [1.82, 2.24) is 31.0 Å². The number of carbonyl (C=O) groups is 3. The summed E-state index contributed by atoms with van der Waals surface area (Å²) in [4.78, 5) is 40.2. The zero-order chi connectivity index (χ0) is 32.3. The molecule has 3 aromatic rings. The number of nitriles is 1. The number of fused-ring (bicyclic) bond motifs is 2. The van der Waals surface area contributed by atoms with E-state index in [-0.39, 0.29) is 36.2 Å². The molecular formula is C34H41N7O4. The number of carbonyl (C=O) groups excluding carboxylic acids is 3. The minimum absolute atomic E-state index is 0.000910. The van der Waals surface area contributed by atoms with E-state index in [1.165, 1.54) is 0 Å². The van der Waals surface area contributed by atoms with Crippen LogP contribution in [0.1, 0.15) is 101 Å². The fourth-order valence-electron chi connectivity index (χ4n) is 6.69. The predicted molar refractivity (Wildman–Crippen MR) is 168 cm³/mol. The SMILES string of the molecule is CNC(=O)c1ccc2c(c1)CCc1cc(C(=O)NC)ccc1C2(C[C@@H](C)NCC(=O)N1CCC[C@H]1C#N)c1nnc(C(C)C)o1. The van der Waals surface area contributed by atoms with E-state index < -0.39 is 11.5 Å². The van der Waals surface area contributed by atoms with Crippen molar-refractivity contribution >= 4 is 17.7 Å². The van der Waals surface area contributed by atoms with Gasteiger partial charge in [-0.05, 0) is 85.5 Å². The Kier molecular flexibility index (Phi) is 9.34. The summed E-state index contributed by atoms with van der Waals surface area (Å²) in [5, 5.41) is 27.4. The second-order valence-corrected chi connectivity index (χ2v) is 12.3. The zero-order valence-electron chi connectivity index (χ0n) is 26.6. The van der Waals surface area contributed by atoms with Crippen molar-refractivity contribution < 1.29 is 18.8 Å². The summed E-state index contributed by atoms with van der Waals surface area (Å²) in [6, 6.07) is 13.0. The molecule has 5 rings (SSSR count). The normalized spacial score (nSPS) is 17.5. The Hall–Kier alpha value is -4.56. The van der Waals surface area contributed by atoms with Crippen LogP contribution in [-0.2, 0) is 23.1 Å². The first kappa shape index (κ1) is 31.9. The lowest BCUT2D eigenvalue weighted by Crippen LogP contribution is -2.45. The molecule has 2 heterocycles. The van der Waals surface area contributed by atoms with Crippen molar-refractivity contribution in [2.45, 2.75) is 76.3 Å². The lowest BCUT2D eigenvalue weighted by Gasteiger charge is -2.36. The van der Waals surface area contributed by atoms with E-state index in [1.807, 2.05) is 57.2 Å². The molecule has 1 aliphatic heterocycles. The van der Waals surface area contributed by atoms with Crippen LogP contribution in [0.3, 0.4) is 0 Å². The second-order valence-electron chi connectivity index (χ2n) is 12.3. The summed E-state index contributed by atoms with van der Waals surface area (Å²) in [5.41, 5.74) is 3.94. The van der Waals surface area contributed by atoms with Crippen LogP contribution >= 0.6 is 0 Å². The third-order valence-corrected chi connectivity index (χ3v) is 9.01. The molecule has 3 amide bonds. The lowest BCUT2D eigenvalue weighted by molar-refractivity contribution is -0.130. The fraction of sp³-hybridized carbons (Fsp3) is 0.471. The molecular weight excluding hydrogens is 570 g/mol. The van der Waals surface area contributed by atoms with Crippen molar-refractivity contribution in [3.63, 3.8) is 0 Å². The summed E-state index contributed by atoms with van der Waals surface area (Å²) in [6.45, 7) is 6.67. The summed E-state index contributed by atoms with van der Waals surface area (Å²) in [7, 11) is 3.21. The van der Waals surface area contributed by atoms with Crippen molar-refractivity contribution in [2.75, 3.05) is 27.2 Å². The summed E-state index contributed by atoms with van der Waals surface area (Å²) < 4.78 is 6.47. The first-order valence-electron chi connectivity index (χ1n) is 15.6. The van der Waals surface area contributed by atoms with Gasteiger partial charge in [-0.25, -0.2) is 0 Å². The Balaban J connectivity index is 1.65. The standard InChI is InChI=1S/C34H41N7O4/c1-20(2)32-39-40-33(45-32)34(17-21(3)38-19-29(42)41-14-6-7-26(41)18-35)27-12-10-24(30(43)36-4)15-22(27)8-9-23-16-25(31(44)37-5)11-13-28(23)34/h10-13,15-16,20-21,26,38H,6-9,14,17,19H2,1-5H3,(H,36,43)(H,37,44)/t21-,26+/m1/s1. The Bertz CT molecular complexity index is 1570. The quantitative estimate of drug-likeness (QED) is 0.333. The largest absolute Gasteiger partial charge is 0.424 e. The van der Waals surface area contributed by atoms with E-state index in [2.05, 4.69) is 32.2 Å². The van der Waals surface area contributed by atoms with Crippen molar-refractivity contribution in [2.24, 2.45) is 0 Å². The van der Waals surface area contributed by atoms with Gasteiger partial charge in [0.2, 0.25) is 17.7 Å². The van der Waals surface area contributed by atoms with Crippen molar-refractivity contribution in [3.8, 4) is 6.07 Å². The highest BCUT2D eigenvalue weighted by atomic mass is 16.4. The molecule has 3 N–H and O–H groups in total. The average Bonchev–Trinajstić information content (AvgIpc) is 3.73. The van der Waals surface area contributed by atoms with Gasteiger partial charge < -0.3 is 25.3 Å². The van der Waals surface area contributed by atoms with Gasteiger partial charge in [-0.15, -0.1) is 10.2 Å². The Labute approximate surface area is 263 Å². The third-order valence-electron chi connectivity index (χ3n) is 9.01. The number of hydrogen-bond donors (Lipinski definition) is 3. The highest BCUT2D eigenvalue weighted by molar-refractivity contribution is 5.95. The van der Waals surface area contributed by atoms with Gasteiger partial charge in [-0.3, -0.25) is 14.4 Å². The van der Waals surface area contributed by atoms with Gasteiger partial charge in [0.1, 0.15) is 11.5 Å². The molecule has 1 aromatic heterocycles. The van der Waals surface area contributed by atoms with Crippen LogP contribution in [0, 0.1) is 11.3 Å². The maximum Gasteiger partial charge on any atom is 0.251 e. The molecule has 45 heavy (non-hydrogen) atoms. The number of aryl methyl sites for hydroxylation is 2. The predicted octanol–water partition coefficient (Wildman–Crippen LogP) is 3.23. The number of hydrogen-bond acceptors (Lipinski definition) is 8. The first-order valence-corrected chi connectivity index (χ1v) is 15.6. The third kappa shape index (κ3) is 6.07. The average molecular weight is 612 g/mol. The van der Waals surface area contributed by atoms with Crippen molar-refractivity contribution in [1.29, 1.82) is 5.26 Å². The maximum atomic E-state index is 13.1. The smallest absolute Gasteiger partial charge is 0.251 e. The molecule has 0 bridgehead atoms. The summed E-state index contributed by atoms with van der Waals surface area (Å²) in [5.74, 6) is 0.456. The van der Waals surface area contributed by atoms with Crippen molar-refractivity contribution in [3.05, 3.63) is 81.6 Å². The Morgan fingerprint density at radius 2 is 1.60 bits per heavy atom. The number of aromatic nitrogens is 2. The lowest BCUT2D eigenvalue weighted by atomic mass is 9.68. The van der Waals surface area contributed by atoms with E-state index in [0.29, 0.717) is 55.1 Å². The molecule has 1 fully saturated rings. The maximum absolute atomic E-state index is 13.1. The van der Waals surface area contributed by atoms with Gasteiger partial charge in [0, 0.05) is 43.7 Å². The van der Waals surface area contributed by atoms with Crippen LogP contribution in [0.5, 0.6) is 0 Å². The number of amides is 3. The highest BCUT2D eigenvalue weighted by Gasteiger charge is 2.47. The number of benzene rings is 2. The molecule has 1 aliphatic carbocycles. The summed E-state index contributed by atoms with van der Waals surface area (Å²) >= 11 is 0. The molecule has 236 valence electrons. The van der Waals surface area contributed by atoms with Gasteiger partial charge in [-0.2, -0.15) is 5.26 Å². The van der Waals surface area contributed by atoms with Gasteiger partial charge in [0.05, 0.1) is 12.6 Å². The van der Waals surface area contributed by atoms with E-state index in [1.54, 1.807) is 19.0 Å². The van der Waals surface area contributed by atoms with E-state index in [9.17, 15) is 19.6 Å². The van der Waals surface area contributed by atoms with Crippen LogP contribution in [0.15, 0.2) is 40.8 Å². The molecule has 0 spiro atoms. The number of likely N-dealkylation sites (tertiary alicyclic amines) is 1. The van der Waals surface area contributed by atoms with Gasteiger partial charge in [0.15, 0.2) is 0 Å². The van der Waals surface area contributed by atoms with Crippen LogP contribution in [0.25, 0.3) is 0 Å². The minimum Gasteiger partial charge on any atom is -0.424 e. The number of nitrogens with zero attached hydrogens (tertiary/aromatic N) is 4. The van der Waals surface area contributed by atoms with Gasteiger partial charge in [0.25, 0.3) is 11.8 Å². The molecule has 2 aromatic carbocycles. The Morgan fingerprint density at radius 1 is 1.00 bits per heavy atom. The zero-order valence-corrected chi connectivity index (χ0v) is 26.6. The first-order chi connectivity index (χ1) is 21.6. The van der Waals surface area contributed by atoms with Crippen LogP contribution in [-0.4, -0.2) is 72.1 Å². The molecule has 11 heteroatoms. The monoisotopic (exact) mass is 611 g/mol. The molecule has 11 nitrogen and oxygen atoms in total. The highest BCUT2D eigenvalue weighted by Crippen LogP contribution is 2.48. The molecule has 0 saturated carbocycles. The second kappa shape index (κ2) is 13.2. The Morgan fingerprint density at radius 3 is 2.11 bits per heavy atom. The number of rotatable bonds is 9. The minimum atomic E-state index is -0.956. The van der Waals surface area contributed by atoms with Gasteiger partial charge in [-0.1, -0.05) is 26.0 Å². The molecule has 2 aliphatic rings. The van der Waals surface area contributed by atoms with E-state index >= 15 is 0 Å². The van der Waals surface area contributed by atoms with E-state index in [4.69, 9.17) is 4.42 Å². The number of nitrogens with one attached hydrogen (secondary N) is 3. The fourth-order valence-corrected chi connectivity index (χ4v) is 6.69.